The van der Waals surface area contributed by atoms with Crippen molar-refractivity contribution < 1.29 is 26.3 Å². The number of rotatable bonds is 4. The van der Waals surface area contributed by atoms with E-state index in [2.05, 4.69) is 5.32 Å². The lowest BCUT2D eigenvalue weighted by Crippen LogP contribution is -2.46. The van der Waals surface area contributed by atoms with Gasteiger partial charge in [0.25, 0.3) is 0 Å². The van der Waals surface area contributed by atoms with Crippen LogP contribution in [0, 0.1) is 23.3 Å². The average Bonchev–Trinajstić information content (AvgIpc) is 2.45. The molecule has 1 heterocycles. The van der Waals surface area contributed by atoms with Crippen molar-refractivity contribution in [2.75, 3.05) is 26.2 Å². The summed E-state index contributed by atoms with van der Waals surface area (Å²) in [7, 11) is 0. The first kappa shape index (κ1) is 19.1. The Morgan fingerprint density at radius 1 is 1.00 bits per heavy atom. The summed E-state index contributed by atoms with van der Waals surface area (Å²) >= 11 is 0. The van der Waals surface area contributed by atoms with E-state index in [1.807, 2.05) is 0 Å². The molecule has 0 radical (unpaired) electrons. The Labute approximate surface area is 129 Å². The molecule has 1 fully saturated rings. The molecule has 0 bridgehead atoms. The lowest BCUT2D eigenvalue weighted by atomic mass is 9.99. The molecule has 0 amide bonds. The fourth-order valence-corrected chi connectivity index (χ4v) is 2.50. The summed E-state index contributed by atoms with van der Waals surface area (Å²) in [6.45, 7) is 1.41. The van der Waals surface area contributed by atoms with Crippen LogP contribution in [0.2, 0.25) is 0 Å². The molecule has 0 spiro atoms. The van der Waals surface area contributed by atoms with Gasteiger partial charge in [0.2, 0.25) is 6.43 Å². The van der Waals surface area contributed by atoms with Crippen molar-refractivity contribution in [3.63, 3.8) is 0 Å². The summed E-state index contributed by atoms with van der Waals surface area (Å²) < 4.78 is 79.7. The van der Waals surface area contributed by atoms with Gasteiger partial charge in [-0.3, -0.25) is 4.90 Å². The zero-order valence-corrected chi connectivity index (χ0v) is 12.2. The normalized spacial score (nSPS) is 17.4. The maximum Gasteiger partial charge on any atom is 0.240 e. The molecule has 1 aliphatic rings. The van der Waals surface area contributed by atoms with Crippen LogP contribution in [0.3, 0.4) is 0 Å². The molecule has 9 heteroatoms. The van der Waals surface area contributed by atoms with Crippen molar-refractivity contribution in [2.24, 2.45) is 0 Å². The van der Waals surface area contributed by atoms with Gasteiger partial charge in [-0.15, -0.1) is 12.4 Å². The Balaban J connectivity index is 0.00000242. The molecular weight excluding hydrogens is 334 g/mol. The molecular formula is C13H15ClF6N2. The maximum atomic E-state index is 13.8. The van der Waals surface area contributed by atoms with E-state index >= 15 is 0 Å². The minimum Gasteiger partial charge on any atom is -0.314 e. The predicted molar refractivity (Wildman–Crippen MR) is 71.3 cm³/mol. The second-order valence-electron chi connectivity index (χ2n) is 4.81. The maximum absolute atomic E-state index is 13.8. The highest BCUT2D eigenvalue weighted by Gasteiger charge is 2.32. The van der Waals surface area contributed by atoms with Crippen molar-refractivity contribution >= 4 is 12.4 Å². The minimum atomic E-state index is -2.85. The molecule has 0 aliphatic carbocycles. The second kappa shape index (κ2) is 8.03. The van der Waals surface area contributed by atoms with E-state index in [9.17, 15) is 26.3 Å². The van der Waals surface area contributed by atoms with Crippen LogP contribution in [0.4, 0.5) is 26.3 Å². The largest absolute Gasteiger partial charge is 0.314 e. The number of benzene rings is 1. The molecule has 2 rings (SSSR count). The Hall–Kier alpha value is -0.990. The van der Waals surface area contributed by atoms with Gasteiger partial charge in [0.1, 0.15) is 0 Å². The molecule has 2 nitrogen and oxygen atoms in total. The first-order valence-electron chi connectivity index (χ1n) is 6.47. The van der Waals surface area contributed by atoms with Crippen LogP contribution >= 0.6 is 12.4 Å². The molecule has 22 heavy (non-hydrogen) atoms. The number of alkyl halides is 2. The molecule has 1 saturated heterocycles. The van der Waals surface area contributed by atoms with E-state index in [1.165, 1.54) is 4.90 Å². The highest BCUT2D eigenvalue weighted by Crippen LogP contribution is 2.33. The van der Waals surface area contributed by atoms with Gasteiger partial charge < -0.3 is 5.32 Å². The Bertz CT molecular complexity index is 482. The van der Waals surface area contributed by atoms with Crippen LogP contribution < -0.4 is 5.32 Å². The van der Waals surface area contributed by atoms with E-state index in [0.29, 0.717) is 13.1 Å². The smallest absolute Gasteiger partial charge is 0.240 e. The van der Waals surface area contributed by atoms with Gasteiger partial charge in [-0.25, -0.2) is 26.3 Å². The van der Waals surface area contributed by atoms with Crippen LogP contribution in [-0.4, -0.2) is 37.5 Å². The molecule has 1 aromatic rings. The zero-order valence-electron chi connectivity index (χ0n) is 11.4. The van der Waals surface area contributed by atoms with Crippen LogP contribution in [0.5, 0.6) is 0 Å². The van der Waals surface area contributed by atoms with Crippen molar-refractivity contribution in [3.8, 4) is 0 Å². The van der Waals surface area contributed by atoms with Gasteiger partial charge in [-0.1, -0.05) is 0 Å². The van der Waals surface area contributed by atoms with Crippen molar-refractivity contribution in [1.29, 1.82) is 0 Å². The van der Waals surface area contributed by atoms with Gasteiger partial charge in [0.05, 0.1) is 0 Å². The number of piperazine rings is 1. The van der Waals surface area contributed by atoms with Gasteiger partial charge in [0.15, 0.2) is 23.3 Å². The number of halogens is 7. The van der Waals surface area contributed by atoms with Crippen molar-refractivity contribution in [2.45, 2.75) is 18.9 Å². The van der Waals surface area contributed by atoms with Gasteiger partial charge >= 0.3 is 0 Å². The zero-order chi connectivity index (χ0) is 15.6. The van der Waals surface area contributed by atoms with Crippen molar-refractivity contribution in [3.05, 3.63) is 34.9 Å². The number of nitrogens with zero attached hydrogens (tertiary/aromatic N) is 1. The van der Waals surface area contributed by atoms with E-state index in [4.69, 9.17) is 0 Å². The molecule has 1 N–H and O–H groups in total. The molecule has 1 atom stereocenters. The van der Waals surface area contributed by atoms with Crippen LogP contribution in [0.25, 0.3) is 0 Å². The topological polar surface area (TPSA) is 15.3 Å². The lowest BCUT2D eigenvalue weighted by Gasteiger charge is -2.35. The second-order valence-corrected chi connectivity index (χ2v) is 4.81. The van der Waals surface area contributed by atoms with E-state index in [1.54, 1.807) is 0 Å². The third-order valence-electron chi connectivity index (χ3n) is 3.47. The molecule has 0 aromatic heterocycles. The summed E-state index contributed by atoms with van der Waals surface area (Å²) in [5, 5.41) is 2.96. The quantitative estimate of drug-likeness (QED) is 0.663. The summed E-state index contributed by atoms with van der Waals surface area (Å²) in [4.78, 5) is 1.41. The van der Waals surface area contributed by atoms with E-state index in [-0.39, 0.29) is 31.6 Å². The standard InChI is InChI=1S/C13H14F6N2.ClH/c14-7-5-8(15)13(19)11(12(7)18)9(6-10(16)17)21-3-1-20-2-4-21;/h5,9-10,20H,1-4,6H2;1H/t9-;/m0./s1. The van der Waals surface area contributed by atoms with Gasteiger partial charge in [-0.05, 0) is 0 Å². The molecule has 0 saturated carbocycles. The average molecular weight is 349 g/mol. The van der Waals surface area contributed by atoms with Crippen LogP contribution in [-0.2, 0) is 0 Å². The fourth-order valence-electron chi connectivity index (χ4n) is 2.50. The highest BCUT2D eigenvalue weighted by atomic mass is 35.5. The Morgan fingerprint density at radius 2 is 1.50 bits per heavy atom. The number of nitrogens with one attached hydrogen (secondary N) is 1. The minimum absolute atomic E-state index is 0. The predicted octanol–water partition coefficient (Wildman–Crippen LogP) is 3.27. The fraction of sp³-hybridized carbons (Fsp3) is 0.538. The monoisotopic (exact) mass is 348 g/mol. The van der Waals surface area contributed by atoms with Crippen LogP contribution in [0.15, 0.2) is 6.07 Å². The molecule has 0 unspecified atom stereocenters. The van der Waals surface area contributed by atoms with Crippen LogP contribution in [0.1, 0.15) is 18.0 Å². The number of hydrogen-bond acceptors (Lipinski definition) is 2. The summed E-state index contributed by atoms with van der Waals surface area (Å²) in [6.07, 6.45) is -3.74. The first-order chi connectivity index (χ1) is 9.91. The Kier molecular flexibility index (Phi) is 6.96. The first-order valence-corrected chi connectivity index (χ1v) is 6.47. The molecule has 1 aliphatic heterocycles. The SMILES string of the molecule is Cl.Fc1cc(F)c(F)c([C@H](CC(F)F)N2CCNCC2)c1F. The Morgan fingerprint density at radius 3 is 1.95 bits per heavy atom. The summed E-state index contributed by atoms with van der Waals surface area (Å²) in [6, 6.07) is -1.33. The highest BCUT2D eigenvalue weighted by molar-refractivity contribution is 5.85. The third-order valence-corrected chi connectivity index (χ3v) is 3.47. The lowest BCUT2D eigenvalue weighted by molar-refractivity contribution is 0.0702. The molecule has 126 valence electrons. The van der Waals surface area contributed by atoms with Gasteiger partial charge in [0, 0.05) is 50.3 Å². The molecule has 1 aromatic carbocycles. The van der Waals surface area contributed by atoms with Crippen molar-refractivity contribution in [1.82, 2.24) is 10.2 Å². The number of hydrogen-bond donors (Lipinski definition) is 1. The third kappa shape index (κ3) is 4.05. The van der Waals surface area contributed by atoms with E-state index in [0.717, 1.165) is 0 Å². The summed E-state index contributed by atoms with van der Waals surface area (Å²) in [5.41, 5.74) is -0.963. The summed E-state index contributed by atoms with van der Waals surface area (Å²) in [5.74, 6) is -6.40. The van der Waals surface area contributed by atoms with E-state index < -0.39 is 47.7 Å². The van der Waals surface area contributed by atoms with Gasteiger partial charge in [-0.2, -0.15) is 0 Å².